The van der Waals surface area contributed by atoms with Crippen molar-refractivity contribution >= 4 is 17.3 Å². The van der Waals surface area contributed by atoms with E-state index >= 15 is 0 Å². The molecule has 0 aliphatic carbocycles. The second-order valence-corrected chi connectivity index (χ2v) is 5.18. The average molecular weight is 226 g/mol. The first-order valence-electron chi connectivity index (χ1n) is 5.40. The summed E-state index contributed by atoms with van der Waals surface area (Å²) in [6.07, 6.45) is 2.58. The van der Waals surface area contributed by atoms with Gasteiger partial charge in [-0.15, -0.1) is 6.58 Å². The summed E-state index contributed by atoms with van der Waals surface area (Å²) in [6.45, 7) is 10.1. The van der Waals surface area contributed by atoms with Crippen LogP contribution in [-0.4, -0.2) is 47.2 Å². The molecule has 2 aliphatic heterocycles. The molecule has 4 atom stereocenters. The Morgan fingerprint density at radius 3 is 2.73 bits per heavy atom. The molecule has 0 saturated carbocycles. The SMILES string of the molecule is C=CC1N=CSC1N1CC(C)OC(C)C1. The highest BCUT2D eigenvalue weighted by Gasteiger charge is 2.33. The molecule has 84 valence electrons. The van der Waals surface area contributed by atoms with Crippen LogP contribution in [0.2, 0.25) is 0 Å². The fourth-order valence-corrected chi connectivity index (χ4v) is 3.25. The Labute approximate surface area is 95.6 Å². The number of hydrogen-bond donors (Lipinski definition) is 0. The summed E-state index contributed by atoms with van der Waals surface area (Å²) < 4.78 is 5.73. The second-order valence-electron chi connectivity index (χ2n) is 4.22. The Kier molecular flexibility index (Phi) is 3.49. The van der Waals surface area contributed by atoms with Crippen LogP contribution in [0, 0.1) is 0 Å². The van der Waals surface area contributed by atoms with Gasteiger partial charge in [-0.25, -0.2) is 0 Å². The van der Waals surface area contributed by atoms with Crippen molar-refractivity contribution in [2.75, 3.05) is 13.1 Å². The molecule has 0 aromatic rings. The molecule has 3 nitrogen and oxygen atoms in total. The predicted octanol–water partition coefficient (Wildman–Crippen LogP) is 1.75. The summed E-state index contributed by atoms with van der Waals surface area (Å²) in [5, 5.41) is 0.427. The van der Waals surface area contributed by atoms with E-state index in [1.165, 1.54) is 0 Å². The number of hydrogen-bond acceptors (Lipinski definition) is 4. The summed E-state index contributed by atoms with van der Waals surface area (Å²) in [6, 6.07) is 0.243. The molecule has 15 heavy (non-hydrogen) atoms. The smallest absolute Gasteiger partial charge is 0.0936 e. The molecule has 0 aromatic heterocycles. The largest absolute Gasteiger partial charge is 0.373 e. The van der Waals surface area contributed by atoms with Crippen molar-refractivity contribution in [3.63, 3.8) is 0 Å². The van der Waals surface area contributed by atoms with E-state index in [0.29, 0.717) is 17.6 Å². The van der Waals surface area contributed by atoms with Crippen molar-refractivity contribution in [3.8, 4) is 0 Å². The molecule has 4 heteroatoms. The normalized spacial score (nSPS) is 42.0. The van der Waals surface area contributed by atoms with E-state index in [1.54, 1.807) is 11.8 Å². The van der Waals surface area contributed by atoms with Crippen LogP contribution in [0.25, 0.3) is 0 Å². The Balaban J connectivity index is 2.00. The maximum absolute atomic E-state index is 5.73. The quantitative estimate of drug-likeness (QED) is 0.671. The van der Waals surface area contributed by atoms with Crippen LogP contribution in [0.15, 0.2) is 17.6 Å². The molecule has 2 aliphatic rings. The molecule has 2 heterocycles. The Hall–Kier alpha value is -0.320. The first-order valence-corrected chi connectivity index (χ1v) is 6.34. The van der Waals surface area contributed by atoms with Gasteiger partial charge in [0.25, 0.3) is 0 Å². The number of aliphatic imine (C=N–C) groups is 1. The van der Waals surface area contributed by atoms with E-state index in [9.17, 15) is 0 Å². The first-order chi connectivity index (χ1) is 7.20. The summed E-state index contributed by atoms with van der Waals surface area (Å²) >= 11 is 1.79. The van der Waals surface area contributed by atoms with Gasteiger partial charge in [0.2, 0.25) is 0 Å². The minimum absolute atomic E-state index is 0.243. The molecular weight excluding hydrogens is 208 g/mol. The first kappa shape index (κ1) is 11.2. The van der Waals surface area contributed by atoms with Crippen molar-refractivity contribution < 1.29 is 4.74 Å². The minimum atomic E-state index is 0.243. The van der Waals surface area contributed by atoms with Gasteiger partial charge in [-0.1, -0.05) is 17.8 Å². The van der Waals surface area contributed by atoms with Crippen molar-refractivity contribution in [1.29, 1.82) is 0 Å². The second kappa shape index (κ2) is 4.68. The molecular formula is C11H18N2OS. The van der Waals surface area contributed by atoms with Crippen LogP contribution < -0.4 is 0 Å². The van der Waals surface area contributed by atoms with Gasteiger partial charge in [-0.05, 0) is 13.8 Å². The zero-order chi connectivity index (χ0) is 10.8. The lowest BCUT2D eigenvalue weighted by Crippen LogP contribution is -2.51. The van der Waals surface area contributed by atoms with Crippen molar-refractivity contribution in [2.24, 2.45) is 4.99 Å². The monoisotopic (exact) mass is 226 g/mol. The molecule has 1 saturated heterocycles. The highest BCUT2D eigenvalue weighted by Crippen LogP contribution is 2.28. The van der Waals surface area contributed by atoms with E-state index in [1.807, 2.05) is 11.6 Å². The van der Waals surface area contributed by atoms with Gasteiger partial charge < -0.3 is 4.74 Å². The number of nitrogens with zero attached hydrogens (tertiary/aromatic N) is 2. The standard InChI is InChI=1S/C11H18N2OS/c1-4-10-11(15-7-12-10)13-5-8(2)14-9(3)6-13/h4,7-11H,1,5-6H2,2-3H3. The van der Waals surface area contributed by atoms with Gasteiger partial charge in [0.05, 0.1) is 29.2 Å². The third kappa shape index (κ3) is 2.44. The molecule has 1 fully saturated rings. The van der Waals surface area contributed by atoms with E-state index in [2.05, 4.69) is 30.3 Å². The molecule has 0 spiro atoms. The number of thioether (sulfide) groups is 1. The van der Waals surface area contributed by atoms with E-state index in [0.717, 1.165) is 13.1 Å². The summed E-state index contributed by atoms with van der Waals surface area (Å²) in [5.41, 5.74) is 1.95. The van der Waals surface area contributed by atoms with Crippen molar-refractivity contribution in [2.45, 2.75) is 37.5 Å². The van der Waals surface area contributed by atoms with Gasteiger partial charge in [0, 0.05) is 13.1 Å². The lowest BCUT2D eigenvalue weighted by atomic mass is 10.2. The molecule has 0 bridgehead atoms. The van der Waals surface area contributed by atoms with Gasteiger partial charge in [0.1, 0.15) is 0 Å². The third-order valence-corrected chi connectivity index (χ3v) is 3.87. The summed E-state index contributed by atoms with van der Waals surface area (Å²) in [4.78, 5) is 6.86. The molecule has 0 amide bonds. The zero-order valence-corrected chi connectivity index (χ0v) is 10.1. The Morgan fingerprint density at radius 2 is 2.13 bits per heavy atom. The van der Waals surface area contributed by atoms with Gasteiger partial charge >= 0.3 is 0 Å². The van der Waals surface area contributed by atoms with E-state index in [4.69, 9.17) is 4.74 Å². The molecule has 4 unspecified atom stereocenters. The Bertz CT molecular complexity index is 259. The van der Waals surface area contributed by atoms with Crippen LogP contribution in [0.5, 0.6) is 0 Å². The zero-order valence-electron chi connectivity index (χ0n) is 9.30. The number of rotatable bonds is 2. The van der Waals surface area contributed by atoms with Crippen molar-refractivity contribution in [1.82, 2.24) is 4.90 Å². The highest BCUT2D eigenvalue weighted by atomic mass is 32.2. The predicted molar refractivity (Wildman–Crippen MR) is 65.4 cm³/mol. The van der Waals surface area contributed by atoms with Gasteiger partial charge in [-0.2, -0.15) is 0 Å². The van der Waals surface area contributed by atoms with Crippen LogP contribution in [0.4, 0.5) is 0 Å². The third-order valence-electron chi connectivity index (χ3n) is 2.77. The lowest BCUT2D eigenvalue weighted by Gasteiger charge is -2.39. The fourth-order valence-electron chi connectivity index (χ4n) is 2.23. The molecule has 2 rings (SSSR count). The molecule has 0 aromatic carbocycles. The minimum Gasteiger partial charge on any atom is -0.373 e. The topological polar surface area (TPSA) is 24.8 Å². The molecule has 0 N–H and O–H groups in total. The lowest BCUT2D eigenvalue weighted by molar-refractivity contribution is -0.0715. The highest BCUT2D eigenvalue weighted by molar-refractivity contribution is 8.12. The summed E-state index contributed by atoms with van der Waals surface area (Å²) in [5.74, 6) is 0. The van der Waals surface area contributed by atoms with Crippen LogP contribution in [0.3, 0.4) is 0 Å². The molecule has 0 radical (unpaired) electrons. The number of ether oxygens (including phenoxy) is 1. The Morgan fingerprint density at radius 1 is 1.47 bits per heavy atom. The summed E-state index contributed by atoms with van der Waals surface area (Å²) in [7, 11) is 0. The number of morpholine rings is 1. The van der Waals surface area contributed by atoms with E-state index in [-0.39, 0.29) is 6.04 Å². The van der Waals surface area contributed by atoms with E-state index < -0.39 is 0 Å². The van der Waals surface area contributed by atoms with Crippen LogP contribution in [-0.2, 0) is 4.74 Å². The average Bonchev–Trinajstić information content (AvgIpc) is 2.63. The van der Waals surface area contributed by atoms with Gasteiger partial charge in [-0.3, -0.25) is 9.89 Å². The maximum Gasteiger partial charge on any atom is 0.0936 e. The fraction of sp³-hybridized carbons (Fsp3) is 0.727. The van der Waals surface area contributed by atoms with Crippen LogP contribution in [0.1, 0.15) is 13.8 Å². The maximum atomic E-state index is 5.73. The van der Waals surface area contributed by atoms with Crippen molar-refractivity contribution in [3.05, 3.63) is 12.7 Å². The van der Waals surface area contributed by atoms with Gasteiger partial charge in [0.15, 0.2) is 0 Å². The van der Waals surface area contributed by atoms with Crippen LogP contribution >= 0.6 is 11.8 Å².